The molecule has 124 valence electrons. The van der Waals surface area contributed by atoms with Gasteiger partial charge in [-0.15, -0.1) is 0 Å². The summed E-state index contributed by atoms with van der Waals surface area (Å²) in [6.07, 6.45) is 2.63. The van der Waals surface area contributed by atoms with Crippen molar-refractivity contribution in [2.24, 2.45) is 0 Å². The lowest BCUT2D eigenvalue weighted by Crippen LogP contribution is -2.21. The van der Waals surface area contributed by atoms with E-state index in [0.717, 1.165) is 16.9 Å². The highest BCUT2D eigenvalue weighted by atomic mass is 19.1. The first-order chi connectivity index (χ1) is 12.2. The van der Waals surface area contributed by atoms with Gasteiger partial charge in [-0.3, -0.25) is 4.79 Å². The third-order valence-corrected chi connectivity index (χ3v) is 4.41. The van der Waals surface area contributed by atoms with Crippen LogP contribution >= 0.6 is 0 Å². The summed E-state index contributed by atoms with van der Waals surface area (Å²) < 4.78 is 13.1. The zero-order chi connectivity index (χ0) is 17.2. The molecule has 0 bridgehead atoms. The summed E-state index contributed by atoms with van der Waals surface area (Å²) in [7, 11) is 0. The number of para-hydroxylation sites is 1. The van der Waals surface area contributed by atoms with Gasteiger partial charge in [-0.2, -0.15) is 0 Å². The standard InChI is InChI=1S/C20H16FN3O/c21-15-8-6-13(7-9-15)14-10-18-17(19(25)11-14)12-22-20(24-18)23-16-4-2-1-3-5-16/h1-9,12,14H,10-11H2,(H,22,23,24)/t14-/m0/s1. The van der Waals surface area contributed by atoms with Crippen LogP contribution in [0.3, 0.4) is 0 Å². The van der Waals surface area contributed by atoms with Crippen LogP contribution in [0, 0.1) is 5.82 Å². The Balaban J connectivity index is 1.61. The molecule has 0 unspecified atom stereocenters. The Kier molecular flexibility index (Phi) is 3.98. The average Bonchev–Trinajstić information content (AvgIpc) is 2.63. The topological polar surface area (TPSA) is 54.9 Å². The predicted octanol–water partition coefficient (Wildman–Crippen LogP) is 4.27. The van der Waals surface area contributed by atoms with E-state index in [0.29, 0.717) is 24.4 Å². The molecule has 1 heterocycles. The second-order valence-corrected chi connectivity index (χ2v) is 6.12. The molecular formula is C20H16FN3O. The van der Waals surface area contributed by atoms with Crippen molar-refractivity contribution in [1.29, 1.82) is 0 Å². The van der Waals surface area contributed by atoms with E-state index in [2.05, 4.69) is 15.3 Å². The van der Waals surface area contributed by atoms with Gasteiger partial charge in [0, 0.05) is 18.3 Å². The van der Waals surface area contributed by atoms with Crippen LogP contribution in [0.2, 0.25) is 0 Å². The number of rotatable bonds is 3. The number of carbonyl (C=O) groups excluding carboxylic acids is 1. The number of Topliss-reactive ketones (excluding diaryl/α,β-unsaturated/α-hetero) is 1. The molecule has 0 amide bonds. The van der Waals surface area contributed by atoms with Crippen molar-refractivity contribution in [2.75, 3.05) is 5.32 Å². The fourth-order valence-corrected chi connectivity index (χ4v) is 3.13. The van der Waals surface area contributed by atoms with Crippen molar-refractivity contribution in [2.45, 2.75) is 18.8 Å². The summed E-state index contributed by atoms with van der Waals surface area (Å²) >= 11 is 0. The number of ketones is 1. The molecule has 1 aliphatic rings. The lowest BCUT2D eigenvalue weighted by atomic mass is 9.82. The number of carbonyl (C=O) groups is 1. The highest BCUT2D eigenvalue weighted by Crippen LogP contribution is 2.32. The number of nitrogens with one attached hydrogen (secondary N) is 1. The van der Waals surface area contributed by atoms with E-state index in [4.69, 9.17) is 0 Å². The Morgan fingerprint density at radius 3 is 2.52 bits per heavy atom. The van der Waals surface area contributed by atoms with Gasteiger partial charge >= 0.3 is 0 Å². The average molecular weight is 333 g/mol. The minimum atomic E-state index is -0.275. The molecule has 25 heavy (non-hydrogen) atoms. The lowest BCUT2D eigenvalue weighted by molar-refractivity contribution is 0.0962. The summed E-state index contributed by atoms with van der Waals surface area (Å²) in [5.41, 5.74) is 3.16. The molecule has 0 saturated carbocycles. The molecule has 0 saturated heterocycles. The number of benzene rings is 2. The maximum absolute atomic E-state index is 13.1. The zero-order valence-corrected chi connectivity index (χ0v) is 13.4. The van der Waals surface area contributed by atoms with E-state index in [1.807, 2.05) is 30.3 Å². The van der Waals surface area contributed by atoms with E-state index in [1.165, 1.54) is 12.1 Å². The van der Waals surface area contributed by atoms with Gasteiger partial charge in [0.15, 0.2) is 5.78 Å². The third-order valence-electron chi connectivity index (χ3n) is 4.41. The number of aromatic nitrogens is 2. The highest BCUT2D eigenvalue weighted by Gasteiger charge is 2.28. The van der Waals surface area contributed by atoms with Gasteiger partial charge in [0.25, 0.3) is 0 Å². The fourth-order valence-electron chi connectivity index (χ4n) is 3.13. The number of anilines is 2. The molecule has 0 aliphatic heterocycles. The van der Waals surface area contributed by atoms with Crippen LogP contribution in [0.15, 0.2) is 60.8 Å². The van der Waals surface area contributed by atoms with Gasteiger partial charge in [0.1, 0.15) is 5.82 Å². The Morgan fingerprint density at radius 2 is 1.76 bits per heavy atom. The monoisotopic (exact) mass is 333 g/mol. The van der Waals surface area contributed by atoms with Crippen LogP contribution in [0.25, 0.3) is 0 Å². The third kappa shape index (κ3) is 3.26. The first kappa shape index (κ1) is 15.4. The number of halogens is 1. The predicted molar refractivity (Wildman–Crippen MR) is 93.5 cm³/mol. The van der Waals surface area contributed by atoms with Gasteiger partial charge in [-0.25, -0.2) is 14.4 Å². The molecule has 1 N–H and O–H groups in total. The van der Waals surface area contributed by atoms with E-state index >= 15 is 0 Å². The van der Waals surface area contributed by atoms with Crippen LogP contribution in [-0.2, 0) is 6.42 Å². The van der Waals surface area contributed by atoms with Crippen molar-refractivity contribution in [1.82, 2.24) is 9.97 Å². The number of hydrogen-bond acceptors (Lipinski definition) is 4. The molecule has 0 radical (unpaired) electrons. The number of nitrogens with zero attached hydrogens (tertiary/aromatic N) is 2. The maximum Gasteiger partial charge on any atom is 0.227 e. The minimum Gasteiger partial charge on any atom is -0.324 e. The number of hydrogen-bond donors (Lipinski definition) is 1. The first-order valence-electron chi connectivity index (χ1n) is 8.16. The molecule has 1 aromatic heterocycles. The number of fused-ring (bicyclic) bond motifs is 1. The molecule has 4 rings (SSSR count). The molecule has 0 spiro atoms. The van der Waals surface area contributed by atoms with Crippen LogP contribution in [0.1, 0.15) is 34.0 Å². The molecular weight excluding hydrogens is 317 g/mol. The van der Waals surface area contributed by atoms with Crippen molar-refractivity contribution in [3.63, 3.8) is 0 Å². The first-order valence-corrected chi connectivity index (χ1v) is 8.16. The summed E-state index contributed by atoms with van der Waals surface area (Å²) in [5.74, 6) is 0.238. The molecule has 5 heteroatoms. The quantitative estimate of drug-likeness (QED) is 0.777. The van der Waals surface area contributed by atoms with Crippen molar-refractivity contribution < 1.29 is 9.18 Å². The second-order valence-electron chi connectivity index (χ2n) is 6.12. The van der Waals surface area contributed by atoms with Crippen LogP contribution < -0.4 is 5.32 Å². The van der Waals surface area contributed by atoms with E-state index in [-0.39, 0.29) is 17.5 Å². The van der Waals surface area contributed by atoms with Crippen molar-refractivity contribution >= 4 is 17.4 Å². The van der Waals surface area contributed by atoms with E-state index < -0.39 is 0 Å². The van der Waals surface area contributed by atoms with Gasteiger partial charge in [-0.1, -0.05) is 30.3 Å². The molecule has 4 nitrogen and oxygen atoms in total. The minimum absolute atomic E-state index is 0.0140. The lowest BCUT2D eigenvalue weighted by Gasteiger charge is -2.23. The normalized spacial score (nSPS) is 16.4. The van der Waals surface area contributed by atoms with Crippen molar-refractivity contribution in [3.8, 4) is 0 Å². The van der Waals surface area contributed by atoms with Gasteiger partial charge < -0.3 is 5.32 Å². The second kappa shape index (κ2) is 6.43. The van der Waals surface area contributed by atoms with Crippen LogP contribution in [0.4, 0.5) is 16.0 Å². The highest BCUT2D eigenvalue weighted by molar-refractivity contribution is 5.98. The largest absolute Gasteiger partial charge is 0.324 e. The van der Waals surface area contributed by atoms with Gasteiger partial charge in [0.2, 0.25) is 5.95 Å². The Labute approximate surface area is 144 Å². The fraction of sp³-hybridized carbons (Fsp3) is 0.150. The Bertz CT molecular complexity index is 910. The van der Waals surface area contributed by atoms with Crippen LogP contribution in [-0.4, -0.2) is 15.8 Å². The van der Waals surface area contributed by atoms with Gasteiger partial charge in [-0.05, 0) is 42.2 Å². The smallest absolute Gasteiger partial charge is 0.227 e. The maximum atomic E-state index is 13.1. The molecule has 0 fully saturated rings. The molecule has 3 aromatic rings. The summed E-state index contributed by atoms with van der Waals surface area (Å²) in [4.78, 5) is 21.2. The Morgan fingerprint density at radius 1 is 1.00 bits per heavy atom. The SMILES string of the molecule is O=C1C[C@@H](c2ccc(F)cc2)Cc2nc(Nc3ccccc3)ncc21. The summed E-state index contributed by atoms with van der Waals surface area (Å²) in [6, 6.07) is 16.0. The van der Waals surface area contributed by atoms with E-state index in [9.17, 15) is 9.18 Å². The summed E-state index contributed by atoms with van der Waals surface area (Å²) in [6.45, 7) is 0. The summed E-state index contributed by atoms with van der Waals surface area (Å²) in [5, 5.41) is 3.15. The van der Waals surface area contributed by atoms with Crippen molar-refractivity contribution in [3.05, 3.63) is 83.4 Å². The van der Waals surface area contributed by atoms with E-state index in [1.54, 1.807) is 18.3 Å². The molecule has 1 atom stereocenters. The molecule has 1 aliphatic carbocycles. The molecule has 2 aromatic carbocycles. The Hall–Kier alpha value is -3.08. The zero-order valence-electron chi connectivity index (χ0n) is 13.4. The van der Waals surface area contributed by atoms with Gasteiger partial charge in [0.05, 0.1) is 11.3 Å². The van der Waals surface area contributed by atoms with Crippen LogP contribution in [0.5, 0.6) is 0 Å².